The van der Waals surface area contributed by atoms with E-state index in [4.69, 9.17) is 9.47 Å². The van der Waals surface area contributed by atoms with E-state index in [9.17, 15) is 15.0 Å². The van der Waals surface area contributed by atoms with Crippen LogP contribution >= 0.6 is 0 Å². The van der Waals surface area contributed by atoms with Crippen LogP contribution in [0.1, 0.15) is 40.0 Å². The molecule has 0 unspecified atom stereocenters. The fraction of sp³-hybridized carbons (Fsp3) is 0.550. The van der Waals surface area contributed by atoms with Gasteiger partial charge in [-0.3, -0.25) is 0 Å². The summed E-state index contributed by atoms with van der Waals surface area (Å²) in [5, 5.41) is 18.7. The van der Waals surface area contributed by atoms with Crippen LogP contribution in [0.2, 0.25) is 0 Å². The highest BCUT2D eigenvalue weighted by atomic mass is 16.5. The summed E-state index contributed by atoms with van der Waals surface area (Å²) in [4.78, 5) is 11.4. The fourth-order valence-corrected chi connectivity index (χ4v) is 1.93. The van der Waals surface area contributed by atoms with E-state index in [2.05, 4.69) is 13.2 Å². The second kappa shape index (κ2) is 12.5. The van der Waals surface area contributed by atoms with Crippen LogP contribution in [0.3, 0.4) is 0 Å². The average molecular weight is 352 g/mol. The number of rotatable bonds is 13. The molecule has 0 spiro atoms. The number of aliphatic hydroxyl groups excluding tert-OH is 2. The van der Waals surface area contributed by atoms with Crippen LogP contribution < -0.4 is 0 Å². The summed E-state index contributed by atoms with van der Waals surface area (Å²) >= 11 is 0. The summed E-state index contributed by atoms with van der Waals surface area (Å²) in [6.45, 7) is 13.1. The monoisotopic (exact) mass is 352 g/mol. The van der Waals surface area contributed by atoms with Gasteiger partial charge in [0, 0.05) is 11.0 Å². The first kappa shape index (κ1) is 23.1. The SMILES string of the molecule is C=C/C=C(OCCC(C)(CO)CO)\C(=C/C)CCCOC(=O)C(=C)C. The van der Waals surface area contributed by atoms with E-state index >= 15 is 0 Å². The Morgan fingerprint density at radius 3 is 2.32 bits per heavy atom. The number of carbonyl (C=O) groups is 1. The third-order valence-corrected chi connectivity index (χ3v) is 3.83. The highest BCUT2D eigenvalue weighted by Gasteiger charge is 2.22. The summed E-state index contributed by atoms with van der Waals surface area (Å²) in [6.07, 6.45) is 7.27. The number of hydrogen-bond donors (Lipinski definition) is 2. The largest absolute Gasteiger partial charge is 0.493 e. The van der Waals surface area contributed by atoms with Crippen LogP contribution in [0.5, 0.6) is 0 Å². The summed E-state index contributed by atoms with van der Waals surface area (Å²) in [6, 6.07) is 0. The Hall–Kier alpha value is -1.85. The normalized spacial score (nSPS) is 12.7. The van der Waals surface area contributed by atoms with E-state index in [0.29, 0.717) is 43.8 Å². The minimum Gasteiger partial charge on any atom is -0.493 e. The number of ether oxygens (including phenoxy) is 2. The van der Waals surface area contributed by atoms with E-state index in [1.54, 1.807) is 26.0 Å². The second-order valence-electron chi connectivity index (χ2n) is 6.33. The molecule has 142 valence electrons. The van der Waals surface area contributed by atoms with Crippen molar-refractivity contribution in [2.45, 2.75) is 40.0 Å². The van der Waals surface area contributed by atoms with Crippen molar-refractivity contribution in [3.63, 3.8) is 0 Å². The van der Waals surface area contributed by atoms with Gasteiger partial charge < -0.3 is 19.7 Å². The second-order valence-corrected chi connectivity index (χ2v) is 6.33. The molecule has 0 saturated heterocycles. The van der Waals surface area contributed by atoms with Crippen LogP contribution in [0, 0.1) is 5.41 Å². The van der Waals surface area contributed by atoms with Gasteiger partial charge in [0.05, 0.1) is 26.4 Å². The molecule has 0 aromatic heterocycles. The molecule has 0 aromatic carbocycles. The summed E-state index contributed by atoms with van der Waals surface area (Å²) < 4.78 is 10.9. The van der Waals surface area contributed by atoms with Gasteiger partial charge in [-0.1, -0.05) is 32.2 Å². The highest BCUT2D eigenvalue weighted by Crippen LogP contribution is 2.23. The Kier molecular flexibility index (Phi) is 11.6. The first-order valence-electron chi connectivity index (χ1n) is 8.49. The maximum absolute atomic E-state index is 11.4. The number of allylic oxidation sites excluding steroid dienone is 4. The van der Waals surface area contributed by atoms with Crippen molar-refractivity contribution < 1.29 is 24.5 Å². The van der Waals surface area contributed by atoms with Crippen molar-refractivity contribution in [2.75, 3.05) is 26.4 Å². The average Bonchev–Trinajstić information content (AvgIpc) is 2.60. The van der Waals surface area contributed by atoms with Gasteiger partial charge in [0.25, 0.3) is 0 Å². The third kappa shape index (κ3) is 9.27. The molecule has 5 heteroatoms. The minimum atomic E-state index is -0.563. The molecule has 0 amide bonds. The lowest BCUT2D eigenvalue weighted by molar-refractivity contribution is -0.139. The van der Waals surface area contributed by atoms with Crippen molar-refractivity contribution in [2.24, 2.45) is 5.41 Å². The molecule has 0 aliphatic carbocycles. The van der Waals surface area contributed by atoms with Gasteiger partial charge in [0.2, 0.25) is 0 Å². The molecule has 5 nitrogen and oxygen atoms in total. The first-order valence-corrected chi connectivity index (χ1v) is 8.49. The summed E-state index contributed by atoms with van der Waals surface area (Å²) in [5.41, 5.74) is 0.810. The van der Waals surface area contributed by atoms with E-state index in [0.717, 1.165) is 5.57 Å². The van der Waals surface area contributed by atoms with E-state index in [1.165, 1.54) is 0 Å². The number of carbonyl (C=O) groups excluding carboxylic acids is 1. The Morgan fingerprint density at radius 1 is 1.20 bits per heavy atom. The fourth-order valence-electron chi connectivity index (χ4n) is 1.93. The Bertz CT molecular complexity index is 498. The van der Waals surface area contributed by atoms with Crippen LogP contribution in [0.4, 0.5) is 0 Å². The maximum atomic E-state index is 11.4. The van der Waals surface area contributed by atoms with Crippen molar-refractivity contribution in [3.05, 3.63) is 48.3 Å². The Labute approximate surface area is 151 Å². The molecule has 0 atom stereocenters. The molecule has 0 heterocycles. The van der Waals surface area contributed by atoms with E-state index in [1.807, 2.05) is 13.0 Å². The Morgan fingerprint density at radius 2 is 1.84 bits per heavy atom. The van der Waals surface area contributed by atoms with Gasteiger partial charge in [0.15, 0.2) is 0 Å². The van der Waals surface area contributed by atoms with E-state index in [-0.39, 0.29) is 19.2 Å². The van der Waals surface area contributed by atoms with Crippen LogP contribution in [0.15, 0.2) is 48.3 Å². The third-order valence-electron chi connectivity index (χ3n) is 3.83. The quantitative estimate of drug-likeness (QED) is 0.175. The molecule has 0 fully saturated rings. The van der Waals surface area contributed by atoms with Crippen molar-refractivity contribution in [1.82, 2.24) is 0 Å². The number of esters is 1. The zero-order valence-corrected chi connectivity index (χ0v) is 15.7. The molecule has 25 heavy (non-hydrogen) atoms. The zero-order valence-electron chi connectivity index (χ0n) is 15.7. The molecule has 2 N–H and O–H groups in total. The maximum Gasteiger partial charge on any atom is 0.333 e. The first-order chi connectivity index (χ1) is 11.8. The number of hydrogen-bond acceptors (Lipinski definition) is 5. The predicted molar refractivity (Wildman–Crippen MR) is 99.9 cm³/mol. The van der Waals surface area contributed by atoms with Gasteiger partial charge >= 0.3 is 5.97 Å². The van der Waals surface area contributed by atoms with Gasteiger partial charge in [-0.05, 0) is 44.8 Å². The van der Waals surface area contributed by atoms with E-state index < -0.39 is 5.41 Å². The zero-order chi connectivity index (χ0) is 19.3. The summed E-state index contributed by atoms with van der Waals surface area (Å²) in [7, 11) is 0. The van der Waals surface area contributed by atoms with Crippen molar-refractivity contribution in [3.8, 4) is 0 Å². The lowest BCUT2D eigenvalue weighted by Crippen LogP contribution is -2.27. The molecule has 0 bridgehead atoms. The predicted octanol–water partition coefficient (Wildman–Crippen LogP) is 3.30. The highest BCUT2D eigenvalue weighted by molar-refractivity contribution is 5.86. The molecule has 0 aliphatic rings. The van der Waals surface area contributed by atoms with Crippen LogP contribution in [0.25, 0.3) is 0 Å². The molecule has 0 saturated carbocycles. The lowest BCUT2D eigenvalue weighted by atomic mass is 9.89. The van der Waals surface area contributed by atoms with Crippen LogP contribution in [-0.4, -0.2) is 42.6 Å². The minimum absolute atomic E-state index is 0.0993. The molecule has 0 rings (SSSR count). The van der Waals surface area contributed by atoms with Gasteiger partial charge in [-0.2, -0.15) is 0 Å². The van der Waals surface area contributed by atoms with Crippen molar-refractivity contribution >= 4 is 5.97 Å². The summed E-state index contributed by atoms with van der Waals surface area (Å²) in [5.74, 6) is 0.314. The van der Waals surface area contributed by atoms with Crippen molar-refractivity contribution in [1.29, 1.82) is 0 Å². The molecule has 0 radical (unpaired) electrons. The molecule has 0 aromatic rings. The molecular weight excluding hydrogens is 320 g/mol. The van der Waals surface area contributed by atoms with Gasteiger partial charge in [-0.15, -0.1) is 0 Å². The molecule has 0 aliphatic heterocycles. The lowest BCUT2D eigenvalue weighted by Gasteiger charge is -2.25. The number of aliphatic hydroxyl groups is 2. The smallest absolute Gasteiger partial charge is 0.333 e. The standard InChI is InChI=1S/C20H32O5/c1-6-9-18(24-13-11-20(5,14-21)15-22)17(7-2)10-8-12-25-19(23)16(3)4/h6-7,9,21-22H,1,3,8,10-15H2,2,4-5H3/b17-7-,18-9+. The van der Waals surface area contributed by atoms with Gasteiger partial charge in [0.1, 0.15) is 5.76 Å². The van der Waals surface area contributed by atoms with Gasteiger partial charge in [-0.25, -0.2) is 4.79 Å². The molecular formula is C20H32O5. The van der Waals surface area contributed by atoms with Crippen LogP contribution in [-0.2, 0) is 14.3 Å². The Balaban J connectivity index is 4.57. The topological polar surface area (TPSA) is 76.0 Å².